The van der Waals surface area contributed by atoms with E-state index in [1.165, 1.54) is 49.4 Å². The second-order valence-electron chi connectivity index (χ2n) is 14.6. The Balaban J connectivity index is 1.13. The van der Waals surface area contributed by atoms with E-state index in [0.29, 0.717) is 5.84 Å². The number of fused-ring (bicyclic) bond motifs is 6. The molecule has 9 aromatic rings. The number of amidine groups is 2. The largest absolute Gasteiger partial charge is 0.310 e. The molecule has 1 aliphatic carbocycles. The van der Waals surface area contributed by atoms with Crippen molar-refractivity contribution in [3.8, 4) is 11.1 Å². The van der Waals surface area contributed by atoms with Crippen molar-refractivity contribution in [2.75, 3.05) is 19.1 Å². The van der Waals surface area contributed by atoms with Gasteiger partial charge < -0.3 is 4.57 Å². The summed E-state index contributed by atoms with van der Waals surface area (Å²) >= 11 is 0. The van der Waals surface area contributed by atoms with Gasteiger partial charge in [0.25, 0.3) is 0 Å². The highest BCUT2D eigenvalue weighted by Crippen LogP contribution is 2.40. The molecule has 1 atom stereocenters. The Hall–Kier alpha value is -7.24. The number of para-hydroxylation sites is 4. The number of aromatic nitrogens is 2. The van der Waals surface area contributed by atoms with Crippen molar-refractivity contribution >= 4 is 61.0 Å². The normalized spacial score (nSPS) is 14.8. The molecule has 0 N–H and O–H groups in total. The predicted octanol–water partition coefficient (Wildman–Crippen LogP) is 12.2. The molecule has 0 bridgehead atoms. The van der Waals surface area contributed by atoms with Gasteiger partial charge in [-0.2, -0.15) is 0 Å². The summed E-state index contributed by atoms with van der Waals surface area (Å²) in [5.41, 5.74) is 11.5. The maximum absolute atomic E-state index is 5.42. The fourth-order valence-electron chi connectivity index (χ4n) is 8.66. The molecule has 5 nitrogen and oxygen atoms in total. The van der Waals surface area contributed by atoms with Crippen molar-refractivity contribution in [3.05, 3.63) is 211 Å². The number of benzene rings is 7. The van der Waals surface area contributed by atoms with Gasteiger partial charge in [0.2, 0.25) is 0 Å². The zero-order valence-electron chi connectivity index (χ0n) is 32.0. The minimum atomic E-state index is 0.167. The zero-order chi connectivity index (χ0) is 38.3. The summed E-state index contributed by atoms with van der Waals surface area (Å²) in [5, 5.41) is 7.19. The van der Waals surface area contributed by atoms with Crippen LogP contribution in [0.25, 0.3) is 60.4 Å². The van der Waals surface area contributed by atoms with E-state index in [1.807, 2.05) is 25.2 Å². The fourth-order valence-corrected chi connectivity index (χ4v) is 8.66. The number of nitrogens with zero attached hydrogens (tertiary/aromatic N) is 5. The molecule has 0 saturated heterocycles. The third-order valence-corrected chi connectivity index (χ3v) is 11.3. The molecular weight excluding hydrogens is 695 g/mol. The number of allylic oxidation sites excluding steroid dienone is 4. The van der Waals surface area contributed by atoms with Crippen molar-refractivity contribution in [2.24, 2.45) is 9.98 Å². The van der Waals surface area contributed by atoms with Gasteiger partial charge in [0.15, 0.2) is 11.7 Å². The van der Waals surface area contributed by atoms with Crippen LogP contribution in [0.4, 0.5) is 0 Å². The van der Waals surface area contributed by atoms with Gasteiger partial charge in [-0.05, 0) is 53.5 Å². The van der Waals surface area contributed by atoms with E-state index in [0.717, 1.165) is 40.0 Å². The Kier molecular flexibility index (Phi) is 8.68. The molecule has 5 heteroatoms. The van der Waals surface area contributed by atoms with Gasteiger partial charge in [0.05, 0.1) is 22.1 Å². The summed E-state index contributed by atoms with van der Waals surface area (Å²) in [6.07, 6.45) is 7.99. The van der Waals surface area contributed by atoms with Crippen LogP contribution in [0, 0.1) is 0 Å². The lowest BCUT2D eigenvalue weighted by Crippen LogP contribution is -2.38. The van der Waals surface area contributed by atoms with Gasteiger partial charge in [0.1, 0.15) is 0 Å². The van der Waals surface area contributed by atoms with E-state index in [2.05, 4.69) is 197 Å². The van der Waals surface area contributed by atoms with Crippen molar-refractivity contribution < 1.29 is 0 Å². The molecule has 0 amide bonds. The van der Waals surface area contributed by atoms with Crippen molar-refractivity contribution in [1.29, 1.82) is 0 Å². The van der Waals surface area contributed by atoms with Crippen LogP contribution in [-0.2, 0) is 0 Å². The third kappa shape index (κ3) is 5.96. The highest BCUT2D eigenvalue weighted by molar-refractivity contribution is 6.18. The summed E-state index contributed by atoms with van der Waals surface area (Å²) in [5.74, 6) is 1.63. The summed E-state index contributed by atoms with van der Waals surface area (Å²) in [7, 11) is 3.95. The third-order valence-electron chi connectivity index (χ3n) is 11.3. The van der Waals surface area contributed by atoms with Crippen molar-refractivity contribution in [3.63, 3.8) is 0 Å². The van der Waals surface area contributed by atoms with E-state index in [1.54, 1.807) is 0 Å². The molecule has 0 radical (unpaired) electrons. The summed E-state index contributed by atoms with van der Waals surface area (Å²) in [4.78, 5) is 10.1. The van der Waals surface area contributed by atoms with Gasteiger partial charge >= 0.3 is 0 Å². The zero-order valence-corrected chi connectivity index (χ0v) is 32.0. The van der Waals surface area contributed by atoms with Crippen molar-refractivity contribution in [1.82, 2.24) is 9.24 Å². The number of rotatable bonds is 6. The SMILES string of the molecule is CN=C(N=C(c1cccc(-c2ccccc2)c1)N(C)n1c2ccccc2c2cccc(C3C=CC(n4c5ccccc5c5ccccc54)=CC3)c21)c1ccccc1. The highest BCUT2D eigenvalue weighted by atomic mass is 15.6. The first-order valence-corrected chi connectivity index (χ1v) is 19.6. The van der Waals surface area contributed by atoms with E-state index >= 15 is 0 Å². The average Bonchev–Trinajstić information content (AvgIpc) is 3.81. The van der Waals surface area contributed by atoms with Crippen LogP contribution in [0.5, 0.6) is 0 Å². The topological polar surface area (TPSA) is 37.8 Å². The molecule has 2 heterocycles. The summed E-state index contributed by atoms with van der Waals surface area (Å²) in [6.45, 7) is 0. The predicted molar refractivity (Wildman–Crippen MR) is 241 cm³/mol. The molecule has 7 aromatic carbocycles. The minimum Gasteiger partial charge on any atom is -0.310 e. The van der Waals surface area contributed by atoms with Crippen molar-refractivity contribution in [2.45, 2.75) is 12.3 Å². The van der Waals surface area contributed by atoms with Gasteiger partial charge in [-0.3, -0.25) is 14.7 Å². The van der Waals surface area contributed by atoms with Gasteiger partial charge in [-0.25, -0.2) is 4.99 Å². The Morgan fingerprint density at radius 1 is 0.579 bits per heavy atom. The molecule has 10 rings (SSSR count). The van der Waals surface area contributed by atoms with Crippen LogP contribution in [-0.4, -0.2) is 35.0 Å². The molecule has 0 saturated carbocycles. The van der Waals surface area contributed by atoms with Gasteiger partial charge in [-0.1, -0.05) is 164 Å². The number of hydrogen-bond acceptors (Lipinski definition) is 1. The van der Waals surface area contributed by atoms with Crippen LogP contribution in [0.2, 0.25) is 0 Å². The van der Waals surface area contributed by atoms with Crippen LogP contribution in [0.1, 0.15) is 29.0 Å². The quantitative estimate of drug-likeness (QED) is 0.124. The van der Waals surface area contributed by atoms with Crippen LogP contribution in [0.3, 0.4) is 0 Å². The lowest BCUT2D eigenvalue weighted by molar-refractivity contribution is 0.823. The first-order chi connectivity index (χ1) is 28.2. The smallest absolute Gasteiger partial charge is 0.157 e. The van der Waals surface area contributed by atoms with E-state index in [-0.39, 0.29) is 5.92 Å². The Morgan fingerprint density at radius 3 is 1.81 bits per heavy atom. The lowest BCUT2D eigenvalue weighted by Gasteiger charge is -2.27. The highest BCUT2D eigenvalue weighted by Gasteiger charge is 2.25. The molecule has 0 fully saturated rings. The number of aliphatic imine (C=N–C) groups is 2. The first kappa shape index (κ1) is 34.3. The fraction of sp³-hybridized carbons (Fsp3) is 0.0769. The van der Waals surface area contributed by atoms with E-state index in [4.69, 9.17) is 9.98 Å². The summed E-state index contributed by atoms with van der Waals surface area (Å²) in [6, 6.07) is 62.4. The Morgan fingerprint density at radius 2 is 1.14 bits per heavy atom. The lowest BCUT2D eigenvalue weighted by atomic mass is 9.90. The second-order valence-corrected chi connectivity index (χ2v) is 14.6. The van der Waals surface area contributed by atoms with E-state index < -0.39 is 0 Å². The number of hydrogen-bond donors (Lipinski definition) is 0. The monoisotopic (exact) mass is 735 g/mol. The van der Waals surface area contributed by atoms with Gasteiger partial charge in [0, 0.05) is 58.4 Å². The maximum Gasteiger partial charge on any atom is 0.157 e. The molecular formula is C52H41N5. The van der Waals surface area contributed by atoms with E-state index in [9.17, 15) is 0 Å². The molecule has 0 aliphatic heterocycles. The minimum absolute atomic E-state index is 0.167. The summed E-state index contributed by atoms with van der Waals surface area (Å²) < 4.78 is 4.78. The molecule has 57 heavy (non-hydrogen) atoms. The van der Waals surface area contributed by atoms with Gasteiger partial charge in [-0.15, -0.1) is 0 Å². The maximum atomic E-state index is 5.42. The molecule has 1 unspecified atom stereocenters. The standard InChI is InChI=1S/C52H41N5/c1-53-51(38-19-7-4-8-20-38)54-52(40-22-15-21-39(35-40)36-17-5-3-6-18-36)55(2)57-49-30-14-11-25-45(49)46-27-16-26-42(50(46)57)37-31-33-41(34-32-37)56-47-28-12-9-23-43(47)44-24-10-13-29-48(44)56/h3-31,33-35,37H,32H2,1-2H3. The van der Waals surface area contributed by atoms with Crippen LogP contribution >= 0.6 is 0 Å². The molecule has 0 spiro atoms. The molecule has 1 aliphatic rings. The van der Waals surface area contributed by atoms with Crippen LogP contribution < -0.4 is 5.01 Å². The van der Waals surface area contributed by atoms with Crippen LogP contribution in [0.15, 0.2) is 204 Å². The second kappa shape index (κ2) is 14.4. The Labute approximate surface area is 332 Å². The first-order valence-electron chi connectivity index (χ1n) is 19.6. The molecule has 2 aromatic heterocycles. The molecule has 274 valence electrons. The Bertz CT molecular complexity index is 3020. The average molecular weight is 736 g/mol.